The van der Waals surface area contributed by atoms with E-state index in [9.17, 15) is 4.39 Å². The lowest BCUT2D eigenvalue weighted by Gasteiger charge is -2.23. The van der Waals surface area contributed by atoms with Gasteiger partial charge >= 0.3 is 0 Å². The van der Waals surface area contributed by atoms with Crippen molar-refractivity contribution in [2.75, 3.05) is 23.7 Å². The van der Waals surface area contributed by atoms with Crippen molar-refractivity contribution < 1.29 is 4.39 Å². The van der Waals surface area contributed by atoms with Crippen molar-refractivity contribution in [3.8, 4) is 11.1 Å². The van der Waals surface area contributed by atoms with Gasteiger partial charge in [-0.2, -0.15) is 4.98 Å². The Morgan fingerprint density at radius 3 is 2.41 bits per heavy atom. The van der Waals surface area contributed by atoms with Crippen LogP contribution in [0.15, 0.2) is 24.4 Å². The third-order valence-corrected chi connectivity index (χ3v) is 5.75. The highest BCUT2D eigenvalue weighted by Gasteiger charge is 2.45. The van der Waals surface area contributed by atoms with E-state index in [1.165, 1.54) is 6.07 Å². The summed E-state index contributed by atoms with van der Waals surface area (Å²) in [5, 5.41) is 0.0310. The summed E-state index contributed by atoms with van der Waals surface area (Å²) in [5.74, 6) is 1.59. The molecule has 0 amide bonds. The van der Waals surface area contributed by atoms with Gasteiger partial charge < -0.3 is 16.4 Å². The number of fused-ring (bicyclic) bond motifs is 1. The Morgan fingerprint density at radius 1 is 1.19 bits per heavy atom. The zero-order chi connectivity index (χ0) is 19.8. The van der Waals surface area contributed by atoms with Crippen LogP contribution in [0.1, 0.15) is 33.6 Å². The van der Waals surface area contributed by atoms with Crippen molar-refractivity contribution >= 4 is 23.4 Å². The molecule has 4 N–H and O–H groups in total. The predicted octanol–water partition coefficient (Wildman–Crippen LogP) is 4.11. The molecular weight excluding hydrogens is 365 g/mol. The fourth-order valence-corrected chi connectivity index (χ4v) is 4.53. The van der Waals surface area contributed by atoms with E-state index >= 15 is 0 Å². The Labute approximate surface area is 164 Å². The Hall–Kier alpha value is -1.92. The van der Waals surface area contributed by atoms with Crippen LogP contribution < -0.4 is 16.4 Å². The van der Waals surface area contributed by atoms with E-state index in [0.717, 1.165) is 25.9 Å². The normalized spacial score (nSPS) is 26.5. The first-order valence-electron chi connectivity index (χ1n) is 9.45. The van der Waals surface area contributed by atoms with E-state index in [-0.39, 0.29) is 10.6 Å². The summed E-state index contributed by atoms with van der Waals surface area (Å²) in [5.41, 5.74) is 13.4. The molecule has 1 aliphatic carbocycles. The Morgan fingerprint density at radius 2 is 1.81 bits per heavy atom. The monoisotopic (exact) mass is 391 g/mol. The number of nitrogen functional groups attached to an aromatic ring is 1. The van der Waals surface area contributed by atoms with Crippen LogP contribution in [0.3, 0.4) is 0 Å². The number of nitrogens with two attached hydrogens (primary N) is 2. The van der Waals surface area contributed by atoms with Gasteiger partial charge in [0.25, 0.3) is 0 Å². The second-order valence-electron chi connectivity index (χ2n) is 7.56. The Kier molecular flexibility index (Phi) is 5.58. The summed E-state index contributed by atoms with van der Waals surface area (Å²) in [4.78, 5) is 11.1. The van der Waals surface area contributed by atoms with Gasteiger partial charge in [0, 0.05) is 36.0 Å². The molecule has 1 saturated carbocycles. The Bertz CT molecular complexity index is 810. The lowest BCUT2D eigenvalue weighted by Crippen LogP contribution is -2.35. The third-order valence-electron chi connectivity index (χ3n) is 5.36. The minimum Gasteiger partial charge on any atom is -0.383 e. The summed E-state index contributed by atoms with van der Waals surface area (Å²) < 4.78 is 13.7. The van der Waals surface area contributed by atoms with Gasteiger partial charge in [-0.15, -0.1) is 0 Å². The van der Waals surface area contributed by atoms with E-state index in [2.05, 4.69) is 21.8 Å². The van der Waals surface area contributed by atoms with Crippen molar-refractivity contribution in [3.05, 3.63) is 35.2 Å². The van der Waals surface area contributed by atoms with Gasteiger partial charge in [-0.25, -0.2) is 9.37 Å². The van der Waals surface area contributed by atoms with Gasteiger partial charge in [-0.3, -0.25) is 0 Å². The van der Waals surface area contributed by atoms with Crippen LogP contribution in [-0.4, -0.2) is 28.6 Å². The molecule has 0 spiro atoms. The molecule has 146 valence electrons. The molecule has 3 atom stereocenters. The minimum absolute atomic E-state index is 0.0310. The van der Waals surface area contributed by atoms with Crippen molar-refractivity contribution in [3.63, 3.8) is 0 Å². The maximum Gasteiger partial charge on any atom is 0.227 e. The molecule has 0 radical (unpaired) electrons. The molecule has 5 nitrogen and oxygen atoms in total. The van der Waals surface area contributed by atoms with Crippen LogP contribution in [0, 0.1) is 17.7 Å². The topological polar surface area (TPSA) is 81.1 Å². The van der Waals surface area contributed by atoms with Gasteiger partial charge in [0.1, 0.15) is 11.6 Å². The van der Waals surface area contributed by atoms with Crippen LogP contribution in [0.4, 0.5) is 16.2 Å². The fourth-order valence-electron chi connectivity index (χ4n) is 4.30. The molecule has 2 aliphatic rings. The average Bonchev–Trinajstić information content (AvgIpc) is 3.13. The largest absolute Gasteiger partial charge is 0.383 e. The molecule has 1 unspecified atom stereocenters. The predicted molar refractivity (Wildman–Crippen MR) is 109 cm³/mol. The molecular formula is C20H27ClFN5. The van der Waals surface area contributed by atoms with Gasteiger partial charge in [-0.05, 0) is 37.7 Å². The smallest absolute Gasteiger partial charge is 0.227 e. The molecule has 1 aromatic carbocycles. The molecule has 27 heavy (non-hydrogen) atoms. The number of hydrogen-bond donors (Lipinski definition) is 2. The molecule has 2 fully saturated rings. The zero-order valence-corrected chi connectivity index (χ0v) is 16.8. The average molecular weight is 392 g/mol. The molecule has 1 aliphatic heterocycles. The van der Waals surface area contributed by atoms with Crippen LogP contribution in [-0.2, 0) is 0 Å². The quantitative estimate of drug-likeness (QED) is 0.805. The summed E-state index contributed by atoms with van der Waals surface area (Å²) in [7, 11) is 0. The summed E-state index contributed by atoms with van der Waals surface area (Å²) in [6.07, 6.45) is 3.68. The third kappa shape index (κ3) is 3.87. The second kappa shape index (κ2) is 7.60. The standard InChI is InChI=1S/C18H21ClFN5.C2H6/c1-18(22)5-10-8-25(9-11(10)6-18)17-23-7-13(16(21)24-17)12-3-2-4-14(20)15(12)19;1-2/h2-4,7,10-11H,5-6,8-9,22H2,1H3,(H2,21,23,24);1-2H3/t10-,11+,18?;. The van der Waals surface area contributed by atoms with E-state index in [0.29, 0.717) is 34.7 Å². The fraction of sp³-hybridized carbons (Fsp3) is 0.500. The van der Waals surface area contributed by atoms with Crippen molar-refractivity contribution in [2.45, 2.75) is 39.2 Å². The maximum atomic E-state index is 13.7. The highest BCUT2D eigenvalue weighted by Crippen LogP contribution is 2.43. The summed E-state index contributed by atoms with van der Waals surface area (Å²) in [6.45, 7) is 7.93. The van der Waals surface area contributed by atoms with E-state index in [1.807, 2.05) is 13.8 Å². The highest BCUT2D eigenvalue weighted by molar-refractivity contribution is 6.33. The van der Waals surface area contributed by atoms with Crippen LogP contribution >= 0.6 is 11.6 Å². The molecule has 7 heteroatoms. The first-order valence-corrected chi connectivity index (χ1v) is 9.82. The van der Waals surface area contributed by atoms with E-state index in [1.54, 1.807) is 18.3 Å². The molecule has 2 aromatic rings. The summed E-state index contributed by atoms with van der Waals surface area (Å²) >= 11 is 6.05. The number of benzene rings is 1. The molecule has 0 bridgehead atoms. The molecule has 4 rings (SSSR count). The number of halogens is 2. The van der Waals surface area contributed by atoms with Crippen molar-refractivity contribution in [1.29, 1.82) is 0 Å². The molecule has 2 heterocycles. The van der Waals surface area contributed by atoms with Gasteiger partial charge in [-0.1, -0.05) is 37.6 Å². The first kappa shape index (κ1) is 19.8. The lowest BCUT2D eigenvalue weighted by atomic mass is 10.00. The number of hydrogen-bond acceptors (Lipinski definition) is 5. The van der Waals surface area contributed by atoms with Gasteiger partial charge in [0.15, 0.2) is 0 Å². The van der Waals surface area contributed by atoms with Crippen LogP contribution in [0.25, 0.3) is 11.1 Å². The highest BCUT2D eigenvalue weighted by atomic mass is 35.5. The Balaban J connectivity index is 0.00000102. The summed E-state index contributed by atoms with van der Waals surface area (Å²) in [6, 6.07) is 4.61. The first-order chi connectivity index (χ1) is 12.8. The van der Waals surface area contributed by atoms with Crippen LogP contribution in [0.2, 0.25) is 5.02 Å². The van der Waals surface area contributed by atoms with Crippen molar-refractivity contribution in [1.82, 2.24) is 9.97 Å². The number of aromatic nitrogens is 2. The maximum absolute atomic E-state index is 13.7. The number of rotatable bonds is 2. The van der Waals surface area contributed by atoms with Gasteiger partial charge in [0.05, 0.1) is 5.02 Å². The molecule has 1 saturated heterocycles. The van der Waals surface area contributed by atoms with E-state index in [4.69, 9.17) is 23.1 Å². The second-order valence-corrected chi connectivity index (χ2v) is 7.94. The number of nitrogens with zero attached hydrogens (tertiary/aromatic N) is 3. The zero-order valence-electron chi connectivity index (χ0n) is 16.0. The van der Waals surface area contributed by atoms with Gasteiger partial charge in [0.2, 0.25) is 5.95 Å². The van der Waals surface area contributed by atoms with Crippen LogP contribution in [0.5, 0.6) is 0 Å². The SMILES string of the molecule is CC.CC1(N)C[C@H]2CN(c3ncc(-c4cccc(F)c4Cl)c(N)n3)C[C@H]2C1. The molecule has 1 aromatic heterocycles. The number of anilines is 2. The minimum atomic E-state index is -0.486. The van der Waals surface area contributed by atoms with E-state index < -0.39 is 5.82 Å². The lowest BCUT2D eigenvalue weighted by molar-refractivity contribution is 0.449. The van der Waals surface area contributed by atoms with Crippen molar-refractivity contribution in [2.24, 2.45) is 17.6 Å².